The second-order valence-electron chi connectivity index (χ2n) is 3.78. The largest absolute Gasteiger partial charge is 0.393 e. The molecule has 0 saturated heterocycles. The highest BCUT2D eigenvalue weighted by molar-refractivity contribution is 5.99. The third-order valence-electron chi connectivity index (χ3n) is 2.62. The smallest absolute Gasteiger partial charge is 0.276 e. The molecule has 2 rings (SSSR count). The number of aromatic amines is 1. The van der Waals surface area contributed by atoms with E-state index in [1.54, 1.807) is 4.90 Å². The number of rotatable bonds is 4. The van der Waals surface area contributed by atoms with Crippen LogP contribution in [-0.4, -0.2) is 46.6 Å². The van der Waals surface area contributed by atoms with E-state index in [4.69, 9.17) is 10.8 Å². The van der Waals surface area contributed by atoms with Crippen LogP contribution in [0.1, 0.15) is 16.9 Å². The Balaban J connectivity index is 2.12. The van der Waals surface area contributed by atoms with Gasteiger partial charge in [0.2, 0.25) is 0 Å². The van der Waals surface area contributed by atoms with Crippen molar-refractivity contribution in [1.82, 2.24) is 15.3 Å². The summed E-state index contributed by atoms with van der Waals surface area (Å²) in [6, 6.07) is 0. The summed E-state index contributed by atoms with van der Waals surface area (Å²) in [6.45, 7) is -0.246. The molecule has 0 fully saturated rings. The van der Waals surface area contributed by atoms with Gasteiger partial charge in [-0.15, -0.1) is 0 Å². The number of anilines is 1. The predicted molar refractivity (Wildman–Crippen MR) is 58.0 cm³/mol. The van der Waals surface area contributed by atoms with E-state index in [-0.39, 0.29) is 24.6 Å². The second-order valence-corrected chi connectivity index (χ2v) is 3.78. The number of fused-ring (bicyclic) bond motifs is 1. The van der Waals surface area contributed by atoms with Crippen molar-refractivity contribution >= 4 is 11.7 Å². The Morgan fingerprint density at radius 1 is 1.71 bits per heavy atom. The number of nitrogens with one attached hydrogen (secondary N) is 2. The fourth-order valence-electron chi connectivity index (χ4n) is 1.71. The zero-order valence-electron chi connectivity index (χ0n) is 9.06. The van der Waals surface area contributed by atoms with Crippen molar-refractivity contribution in [3.05, 3.63) is 12.0 Å². The topological polar surface area (TPSA) is 107 Å². The highest BCUT2D eigenvalue weighted by atomic mass is 19.1. The minimum absolute atomic E-state index is 0.124. The second kappa shape index (κ2) is 4.68. The molecule has 1 aromatic heterocycles. The van der Waals surface area contributed by atoms with Gasteiger partial charge in [-0.1, -0.05) is 0 Å². The fraction of sp³-hybridized carbons (Fsp3) is 0.556. The standard InChI is InChI=1S/C9H14FN5O2/c10-5(3-16)1-2-15-7-6(12-4-13-7)8(17)14-9(15)11/h4-5,9,16H,1-3,11H2,(H,12,13)(H,14,17). The number of carbonyl (C=O) groups is 1. The molecule has 1 aromatic rings. The van der Waals surface area contributed by atoms with Crippen molar-refractivity contribution in [2.45, 2.75) is 18.9 Å². The Bertz CT molecular complexity index is 410. The Morgan fingerprint density at radius 2 is 2.47 bits per heavy atom. The van der Waals surface area contributed by atoms with E-state index >= 15 is 0 Å². The predicted octanol–water partition coefficient (Wildman–Crippen LogP) is -1.08. The number of amides is 1. The van der Waals surface area contributed by atoms with Gasteiger partial charge in [0.05, 0.1) is 12.9 Å². The average molecular weight is 243 g/mol. The van der Waals surface area contributed by atoms with E-state index in [0.717, 1.165) is 0 Å². The number of nitrogens with two attached hydrogens (primary N) is 1. The van der Waals surface area contributed by atoms with Gasteiger partial charge in [-0.3, -0.25) is 10.5 Å². The summed E-state index contributed by atoms with van der Waals surface area (Å²) in [5.74, 6) is 0.121. The van der Waals surface area contributed by atoms with Gasteiger partial charge in [0.15, 0.2) is 12.0 Å². The van der Waals surface area contributed by atoms with Crippen LogP contribution < -0.4 is 16.0 Å². The van der Waals surface area contributed by atoms with Crippen LogP contribution in [0.15, 0.2) is 6.33 Å². The minimum atomic E-state index is -1.30. The Labute approximate surface area is 96.8 Å². The number of nitrogens with zero attached hydrogens (tertiary/aromatic N) is 2. The molecule has 0 aliphatic carbocycles. The zero-order valence-corrected chi connectivity index (χ0v) is 9.06. The normalized spacial score (nSPS) is 21.0. The van der Waals surface area contributed by atoms with Gasteiger partial charge in [0.25, 0.3) is 5.91 Å². The summed E-state index contributed by atoms with van der Waals surface area (Å²) in [4.78, 5) is 19.7. The molecule has 2 heterocycles. The monoisotopic (exact) mass is 243 g/mol. The van der Waals surface area contributed by atoms with Gasteiger partial charge in [0.1, 0.15) is 12.0 Å². The van der Waals surface area contributed by atoms with Crippen LogP contribution >= 0.6 is 0 Å². The number of aromatic nitrogens is 2. The molecule has 2 atom stereocenters. The number of hydrogen-bond donors (Lipinski definition) is 4. The molecule has 94 valence electrons. The van der Waals surface area contributed by atoms with Crippen LogP contribution in [0.3, 0.4) is 0 Å². The molecule has 5 N–H and O–H groups in total. The number of halogens is 1. The molecule has 8 heteroatoms. The molecule has 0 radical (unpaired) electrons. The molecule has 7 nitrogen and oxygen atoms in total. The third-order valence-corrected chi connectivity index (χ3v) is 2.62. The van der Waals surface area contributed by atoms with Crippen molar-refractivity contribution in [2.24, 2.45) is 5.73 Å². The first-order chi connectivity index (χ1) is 8.13. The van der Waals surface area contributed by atoms with Crippen LogP contribution in [0.4, 0.5) is 10.2 Å². The van der Waals surface area contributed by atoms with E-state index in [9.17, 15) is 9.18 Å². The molecule has 1 amide bonds. The lowest BCUT2D eigenvalue weighted by molar-refractivity contribution is 0.0922. The fourth-order valence-corrected chi connectivity index (χ4v) is 1.71. The first-order valence-electron chi connectivity index (χ1n) is 5.25. The molecule has 17 heavy (non-hydrogen) atoms. The van der Waals surface area contributed by atoms with Crippen molar-refractivity contribution in [3.63, 3.8) is 0 Å². The molecule has 2 unspecified atom stereocenters. The van der Waals surface area contributed by atoms with Gasteiger partial charge >= 0.3 is 0 Å². The SMILES string of the molecule is NC1NC(=O)c2nc[nH]c2N1CCC(F)CO. The maximum Gasteiger partial charge on any atom is 0.276 e. The molecule has 0 saturated carbocycles. The molecule has 0 bridgehead atoms. The molecule has 0 spiro atoms. The van der Waals surface area contributed by atoms with Gasteiger partial charge in [-0.25, -0.2) is 9.37 Å². The lowest BCUT2D eigenvalue weighted by Crippen LogP contribution is -2.58. The van der Waals surface area contributed by atoms with Crippen LogP contribution in [0.25, 0.3) is 0 Å². The van der Waals surface area contributed by atoms with Gasteiger partial charge < -0.3 is 20.3 Å². The summed E-state index contributed by atoms with van der Waals surface area (Å²) in [7, 11) is 0. The van der Waals surface area contributed by atoms with Crippen molar-refractivity contribution in [1.29, 1.82) is 0 Å². The Hall–Kier alpha value is -1.67. The number of aliphatic hydroxyl groups is 1. The molecule has 0 aromatic carbocycles. The molecular weight excluding hydrogens is 229 g/mol. The highest BCUT2D eigenvalue weighted by Crippen LogP contribution is 2.21. The van der Waals surface area contributed by atoms with Crippen LogP contribution in [-0.2, 0) is 0 Å². The van der Waals surface area contributed by atoms with Crippen molar-refractivity contribution in [3.8, 4) is 0 Å². The van der Waals surface area contributed by atoms with E-state index in [1.165, 1.54) is 6.33 Å². The summed E-state index contributed by atoms with van der Waals surface area (Å²) < 4.78 is 13.0. The summed E-state index contributed by atoms with van der Waals surface area (Å²) in [5, 5.41) is 11.1. The van der Waals surface area contributed by atoms with Gasteiger partial charge in [-0.05, 0) is 6.42 Å². The maximum absolute atomic E-state index is 13.0. The molecular formula is C9H14FN5O2. The average Bonchev–Trinajstić information content (AvgIpc) is 2.77. The van der Waals surface area contributed by atoms with Crippen molar-refractivity contribution < 1.29 is 14.3 Å². The summed E-state index contributed by atoms with van der Waals surface area (Å²) in [6.07, 6.45) is -0.514. The quantitative estimate of drug-likeness (QED) is 0.538. The number of H-pyrrole nitrogens is 1. The first-order valence-corrected chi connectivity index (χ1v) is 5.25. The highest BCUT2D eigenvalue weighted by Gasteiger charge is 2.30. The number of carbonyl (C=O) groups excluding carboxylic acids is 1. The first kappa shape index (κ1) is 11.8. The number of imidazole rings is 1. The number of aliphatic hydroxyl groups excluding tert-OH is 1. The lowest BCUT2D eigenvalue weighted by Gasteiger charge is -2.34. The van der Waals surface area contributed by atoms with Crippen molar-refractivity contribution in [2.75, 3.05) is 18.1 Å². The van der Waals surface area contributed by atoms with E-state index in [2.05, 4.69) is 15.3 Å². The van der Waals surface area contributed by atoms with E-state index in [1.807, 2.05) is 0 Å². The lowest BCUT2D eigenvalue weighted by atomic mass is 10.2. The minimum Gasteiger partial charge on any atom is -0.393 e. The molecule has 1 aliphatic rings. The maximum atomic E-state index is 13.0. The van der Waals surface area contributed by atoms with Crippen LogP contribution in [0.5, 0.6) is 0 Å². The number of alkyl halides is 1. The number of hydrogen-bond acceptors (Lipinski definition) is 5. The summed E-state index contributed by atoms with van der Waals surface area (Å²) >= 11 is 0. The van der Waals surface area contributed by atoms with Gasteiger partial charge in [-0.2, -0.15) is 0 Å². The summed E-state index contributed by atoms with van der Waals surface area (Å²) in [5.41, 5.74) is 5.97. The zero-order chi connectivity index (χ0) is 12.4. The van der Waals surface area contributed by atoms with E-state index < -0.39 is 19.1 Å². The van der Waals surface area contributed by atoms with Gasteiger partial charge in [0, 0.05) is 6.54 Å². The van der Waals surface area contributed by atoms with Crippen LogP contribution in [0, 0.1) is 0 Å². The Kier molecular flexibility index (Phi) is 3.25. The third kappa shape index (κ3) is 2.22. The van der Waals surface area contributed by atoms with Crippen LogP contribution in [0.2, 0.25) is 0 Å². The van der Waals surface area contributed by atoms with E-state index in [0.29, 0.717) is 5.82 Å². The Morgan fingerprint density at radius 3 is 3.18 bits per heavy atom. The molecule has 1 aliphatic heterocycles.